The fourth-order valence-corrected chi connectivity index (χ4v) is 6.55. The predicted molar refractivity (Wildman–Crippen MR) is 177 cm³/mol. The molecule has 0 aromatic rings. The van der Waals surface area contributed by atoms with Gasteiger partial charge in [0.15, 0.2) is 0 Å². The van der Waals surface area contributed by atoms with Crippen molar-refractivity contribution < 1.29 is 33.4 Å². The maximum absolute atomic E-state index is 14.2. The standard InChI is InChI=1S/C33H56N4O7Si/c1-10-13-14-15-16-17-26(34-31(42)44-32(4,5)6)29(40)37-22-25(36(23-38)18-19-45(7,8)9)20-27(37)28(39)35-33(21-24(33)11-2)30(41)43-12-3/h10-11,23-27H,1-2,12-22H2,3-9H3,(H,34,42)(H,35,39)/t24-,25-,26+,27+,33-/m1/s1. The summed E-state index contributed by atoms with van der Waals surface area (Å²) in [5.74, 6) is -1.75. The van der Waals surface area contributed by atoms with Gasteiger partial charge in [-0.05, 0) is 65.8 Å². The summed E-state index contributed by atoms with van der Waals surface area (Å²) < 4.78 is 10.7. The van der Waals surface area contributed by atoms with Crippen LogP contribution < -0.4 is 10.6 Å². The third kappa shape index (κ3) is 11.3. The molecular formula is C33H56N4O7Si. The summed E-state index contributed by atoms with van der Waals surface area (Å²) in [4.78, 5) is 69.4. The van der Waals surface area contributed by atoms with Gasteiger partial charge in [0.05, 0.1) is 12.6 Å². The van der Waals surface area contributed by atoms with Crippen molar-refractivity contribution in [3.05, 3.63) is 25.3 Å². The van der Waals surface area contributed by atoms with Crippen molar-refractivity contribution in [1.29, 1.82) is 0 Å². The maximum atomic E-state index is 14.2. The van der Waals surface area contributed by atoms with Crippen LogP contribution in [0.5, 0.6) is 0 Å². The van der Waals surface area contributed by atoms with E-state index < -0.39 is 61.2 Å². The Hall–Kier alpha value is -3.15. The maximum Gasteiger partial charge on any atom is 0.408 e. The summed E-state index contributed by atoms with van der Waals surface area (Å²) in [5, 5.41) is 5.64. The second-order valence-electron chi connectivity index (χ2n) is 14.4. The number of nitrogens with one attached hydrogen (secondary N) is 2. The molecule has 5 atom stereocenters. The van der Waals surface area contributed by atoms with Crippen LogP contribution in [-0.4, -0.2) is 97.1 Å². The summed E-state index contributed by atoms with van der Waals surface area (Å²) in [6.07, 6.45) is 7.69. The van der Waals surface area contributed by atoms with Crippen LogP contribution in [0.1, 0.15) is 72.6 Å². The molecule has 2 aliphatic rings. The van der Waals surface area contributed by atoms with Gasteiger partial charge in [-0.2, -0.15) is 0 Å². The van der Waals surface area contributed by atoms with E-state index in [0.717, 1.165) is 31.7 Å². The highest BCUT2D eigenvalue weighted by molar-refractivity contribution is 6.76. The van der Waals surface area contributed by atoms with E-state index in [1.807, 2.05) is 6.08 Å². The van der Waals surface area contributed by atoms with Gasteiger partial charge >= 0.3 is 12.1 Å². The van der Waals surface area contributed by atoms with E-state index in [2.05, 4.69) is 43.4 Å². The molecule has 2 N–H and O–H groups in total. The summed E-state index contributed by atoms with van der Waals surface area (Å²) in [6.45, 7) is 21.9. The number of allylic oxidation sites excluding steroid dienone is 1. The number of likely N-dealkylation sites (tertiary alicyclic amines) is 1. The van der Waals surface area contributed by atoms with Crippen molar-refractivity contribution in [1.82, 2.24) is 20.4 Å². The first-order valence-electron chi connectivity index (χ1n) is 16.3. The molecule has 0 spiro atoms. The number of carbonyl (C=O) groups excluding carboxylic acids is 5. The van der Waals surface area contributed by atoms with Crippen molar-refractivity contribution in [3.8, 4) is 0 Å². The number of unbranched alkanes of at least 4 members (excludes halogenated alkanes) is 3. The third-order valence-electron chi connectivity index (χ3n) is 8.26. The average Bonchev–Trinajstić information content (AvgIpc) is 3.48. The molecule has 1 aliphatic carbocycles. The average molecular weight is 649 g/mol. The molecule has 0 aromatic heterocycles. The van der Waals surface area contributed by atoms with Crippen molar-refractivity contribution in [2.24, 2.45) is 5.92 Å². The van der Waals surface area contributed by atoms with Gasteiger partial charge in [0.1, 0.15) is 23.2 Å². The van der Waals surface area contributed by atoms with Crippen molar-refractivity contribution in [3.63, 3.8) is 0 Å². The van der Waals surface area contributed by atoms with Gasteiger partial charge in [-0.3, -0.25) is 14.4 Å². The molecule has 0 aromatic carbocycles. The Morgan fingerprint density at radius 2 is 1.82 bits per heavy atom. The molecule has 2 fully saturated rings. The number of hydrogen-bond donors (Lipinski definition) is 2. The van der Waals surface area contributed by atoms with E-state index in [9.17, 15) is 24.0 Å². The van der Waals surface area contributed by atoms with E-state index in [1.165, 1.54) is 4.90 Å². The Morgan fingerprint density at radius 1 is 1.13 bits per heavy atom. The fourth-order valence-electron chi connectivity index (χ4n) is 5.62. The molecule has 45 heavy (non-hydrogen) atoms. The van der Waals surface area contributed by atoms with Gasteiger partial charge in [0.2, 0.25) is 18.2 Å². The zero-order chi connectivity index (χ0) is 34.0. The largest absolute Gasteiger partial charge is 0.464 e. The highest BCUT2D eigenvalue weighted by atomic mass is 28.3. The zero-order valence-corrected chi connectivity index (χ0v) is 29.5. The van der Waals surface area contributed by atoms with Crippen LogP contribution in [0.25, 0.3) is 0 Å². The van der Waals surface area contributed by atoms with Crippen LogP contribution >= 0.6 is 0 Å². The summed E-state index contributed by atoms with van der Waals surface area (Å²) in [6, 6.07) is -1.43. The van der Waals surface area contributed by atoms with E-state index in [4.69, 9.17) is 9.47 Å². The fraction of sp³-hybridized carbons (Fsp3) is 0.727. The molecule has 4 amide bonds. The van der Waals surface area contributed by atoms with E-state index >= 15 is 0 Å². The number of nitrogens with zero attached hydrogens (tertiary/aromatic N) is 2. The Balaban J connectivity index is 2.39. The molecule has 1 saturated heterocycles. The first-order valence-corrected chi connectivity index (χ1v) is 20.0. The predicted octanol–water partition coefficient (Wildman–Crippen LogP) is 4.41. The van der Waals surface area contributed by atoms with E-state index in [0.29, 0.717) is 25.8 Å². The highest BCUT2D eigenvalue weighted by Gasteiger charge is 2.62. The lowest BCUT2D eigenvalue weighted by molar-refractivity contribution is -0.150. The van der Waals surface area contributed by atoms with E-state index in [-0.39, 0.29) is 25.5 Å². The normalized spacial score (nSPS) is 23.4. The van der Waals surface area contributed by atoms with E-state index in [1.54, 1.807) is 38.7 Å². The van der Waals surface area contributed by atoms with Gasteiger partial charge in [-0.15, -0.1) is 13.2 Å². The van der Waals surface area contributed by atoms with Crippen LogP contribution in [0.3, 0.4) is 0 Å². The summed E-state index contributed by atoms with van der Waals surface area (Å²) in [5.41, 5.74) is -2.00. The Labute approximate surface area is 270 Å². The molecular weight excluding hydrogens is 592 g/mol. The van der Waals surface area contributed by atoms with Crippen molar-refractivity contribution >= 4 is 38.4 Å². The number of rotatable bonds is 18. The molecule has 0 bridgehead atoms. The smallest absolute Gasteiger partial charge is 0.408 e. The van der Waals surface area contributed by atoms with Crippen molar-refractivity contribution in [2.45, 2.75) is 128 Å². The van der Waals surface area contributed by atoms with Gasteiger partial charge in [0.25, 0.3) is 0 Å². The minimum absolute atomic E-state index is 0.127. The first kappa shape index (κ1) is 38.0. The van der Waals surface area contributed by atoms with Crippen LogP contribution in [0.2, 0.25) is 25.7 Å². The monoisotopic (exact) mass is 648 g/mol. The van der Waals surface area contributed by atoms with Crippen LogP contribution in [-0.2, 0) is 28.7 Å². The highest BCUT2D eigenvalue weighted by Crippen LogP contribution is 2.45. The Bertz CT molecular complexity index is 1090. The Morgan fingerprint density at radius 3 is 2.36 bits per heavy atom. The van der Waals surface area contributed by atoms with Gasteiger partial charge in [-0.1, -0.05) is 44.6 Å². The number of alkyl carbamates (subject to hydrolysis) is 1. The number of ether oxygens (including phenoxy) is 2. The number of esters is 1. The molecule has 2 rings (SSSR count). The van der Waals surface area contributed by atoms with Crippen LogP contribution in [0.4, 0.5) is 4.79 Å². The summed E-state index contributed by atoms with van der Waals surface area (Å²) in [7, 11) is -1.49. The van der Waals surface area contributed by atoms with Gasteiger partial charge in [0, 0.05) is 27.1 Å². The molecule has 1 heterocycles. The van der Waals surface area contributed by atoms with Gasteiger partial charge < -0.3 is 29.9 Å². The molecule has 11 nitrogen and oxygen atoms in total. The minimum atomic E-state index is -1.49. The third-order valence-corrected chi connectivity index (χ3v) is 9.99. The first-order chi connectivity index (χ1) is 21.0. The SMILES string of the molecule is C=CCCCCC[C@H](NC(=O)OC(C)(C)C)C(=O)N1C[C@H](N(C=O)CC[Si](C)(C)C)C[C@H]1C(=O)N[C@]1(C(=O)OCC)C[C@H]1C=C. The van der Waals surface area contributed by atoms with Crippen LogP contribution in [0, 0.1) is 5.92 Å². The van der Waals surface area contributed by atoms with Gasteiger partial charge in [-0.25, -0.2) is 9.59 Å². The zero-order valence-electron chi connectivity index (χ0n) is 28.5. The van der Waals surface area contributed by atoms with Crippen LogP contribution in [0.15, 0.2) is 25.3 Å². The van der Waals surface area contributed by atoms with Crippen molar-refractivity contribution in [2.75, 3.05) is 19.7 Å². The second-order valence-corrected chi connectivity index (χ2v) is 20.0. The lowest BCUT2D eigenvalue weighted by Gasteiger charge is -2.31. The molecule has 0 unspecified atom stereocenters. The molecule has 1 saturated carbocycles. The number of carbonyl (C=O) groups is 5. The lowest BCUT2D eigenvalue weighted by atomic mass is 10.0. The molecule has 12 heteroatoms. The number of amides is 4. The lowest BCUT2D eigenvalue weighted by Crippen LogP contribution is -2.56. The molecule has 0 radical (unpaired) electrons. The quantitative estimate of drug-likeness (QED) is 0.0740. The number of hydrogen-bond acceptors (Lipinski definition) is 7. The summed E-state index contributed by atoms with van der Waals surface area (Å²) >= 11 is 0. The molecule has 254 valence electrons. The topological polar surface area (TPSA) is 134 Å². The minimum Gasteiger partial charge on any atom is -0.464 e. The molecule has 1 aliphatic heterocycles. The second kappa shape index (κ2) is 16.4. The Kier molecular flexibility index (Phi) is 13.9.